The Balaban J connectivity index is 1.74. The molecule has 0 atom stereocenters. The third kappa shape index (κ3) is 4.87. The number of hydrogen-bond donors (Lipinski definition) is 1. The van der Waals surface area contributed by atoms with E-state index in [4.69, 9.17) is 4.74 Å². The topological polar surface area (TPSA) is 38.3 Å². The minimum absolute atomic E-state index is 0.180. The van der Waals surface area contributed by atoms with Crippen molar-refractivity contribution in [3.63, 3.8) is 0 Å². The lowest BCUT2D eigenvalue weighted by Crippen LogP contribution is -2.24. The first kappa shape index (κ1) is 14.9. The Morgan fingerprint density at radius 3 is 2.50 bits per heavy atom. The van der Waals surface area contributed by atoms with E-state index in [0.717, 1.165) is 11.3 Å². The number of ether oxygens (including phenoxy) is 1. The van der Waals surface area contributed by atoms with Gasteiger partial charge in [-0.25, -0.2) is 0 Å². The zero-order valence-electron chi connectivity index (χ0n) is 12.5. The Morgan fingerprint density at radius 1 is 1.25 bits per heavy atom. The Labute approximate surface area is 121 Å². The van der Waals surface area contributed by atoms with Crippen molar-refractivity contribution >= 4 is 5.91 Å². The molecule has 1 aromatic carbocycles. The summed E-state index contributed by atoms with van der Waals surface area (Å²) in [5.41, 5.74) is 1.11. The second-order valence-corrected chi connectivity index (χ2v) is 5.94. The fourth-order valence-corrected chi connectivity index (χ4v) is 2.71. The van der Waals surface area contributed by atoms with E-state index in [9.17, 15) is 4.79 Å². The number of nitrogens with one attached hydrogen (secondary N) is 1. The SMILES string of the molecule is CC(C)Oc1ccc(CNC(=O)CC2CCCC2)cc1. The molecule has 0 saturated heterocycles. The van der Waals surface area contributed by atoms with E-state index in [2.05, 4.69) is 5.32 Å². The molecule has 1 aromatic rings. The molecule has 3 nitrogen and oxygen atoms in total. The molecule has 20 heavy (non-hydrogen) atoms. The summed E-state index contributed by atoms with van der Waals surface area (Å²) in [7, 11) is 0. The summed E-state index contributed by atoms with van der Waals surface area (Å²) in [6, 6.07) is 7.93. The van der Waals surface area contributed by atoms with Crippen molar-refractivity contribution in [1.82, 2.24) is 5.32 Å². The van der Waals surface area contributed by atoms with Gasteiger partial charge in [0.2, 0.25) is 5.91 Å². The van der Waals surface area contributed by atoms with Gasteiger partial charge in [0, 0.05) is 13.0 Å². The van der Waals surface area contributed by atoms with Crippen LogP contribution in [0.3, 0.4) is 0 Å². The smallest absolute Gasteiger partial charge is 0.220 e. The van der Waals surface area contributed by atoms with Gasteiger partial charge >= 0.3 is 0 Å². The third-order valence-corrected chi connectivity index (χ3v) is 3.73. The van der Waals surface area contributed by atoms with Crippen LogP contribution in [0.2, 0.25) is 0 Å². The largest absolute Gasteiger partial charge is 0.491 e. The van der Waals surface area contributed by atoms with E-state index in [1.807, 2.05) is 38.1 Å². The lowest BCUT2D eigenvalue weighted by atomic mass is 10.0. The summed E-state index contributed by atoms with van der Waals surface area (Å²) in [4.78, 5) is 11.8. The molecule has 0 unspecified atom stereocenters. The van der Waals surface area contributed by atoms with Crippen molar-refractivity contribution in [1.29, 1.82) is 0 Å². The third-order valence-electron chi connectivity index (χ3n) is 3.73. The predicted molar refractivity (Wildman–Crippen MR) is 80.6 cm³/mol. The quantitative estimate of drug-likeness (QED) is 0.860. The lowest BCUT2D eigenvalue weighted by Gasteiger charge is -2.11. The summed E-state index contributed by atoms with van der Waals surface area (Å²) in [5, 5.41) is 3.01. The molecule has 1 fully saturated rings. The molecule has 0 spiro atoms. The minimum Gasteiger partial charge on any atom is -0.491 e. The number of rotatable bonds is 6. The highest BCUT2D eigenvalue weighted by Gasteiger charge is 2.18. The molecule has 1 amide bonds. The minimum atomic E-state index is 0.180. The van der Waals surface area contributed by atoms with Gasteiger partial charge in [0.1, 0.15) is 5.75 Å². The maximum atomic E-state index is 11.8. The molecule has 2 rings (SSSR count). The first-order chi connectivity index (χ1) is 9.63. The molecule has 0 aromatic heterocycles. The van der Waals surface area contributed by atoms with Gasteiger partial charge < -0.3 is 10.1 Å². The van der Waals surface area contributed by atoms with Gasteiger partial charge in [-0.15, -0.1) is 0 Å². The summed E-state index contributed by atoms with van der Waals surface area (Å²) < 4.78 is 5.60. The van der Waals surface area contributed by atoms with Gasteiger partial charge in [-0.2, -0.15) is 0 Å². The maximum absolute atomic E-state index is 11.8. The normalized spacial score (nSPS) is 15.6. The molecule has 0 radical (unpaired) electrons. The molecule has 1 aliphatic rings. The average molecular weight is 275 g/mol. The molecule has 1 N–H and O–H groups in total. The van der Waals surface area contributed by atoms with Crippen molar-refractivity contribution in [3.05, 3.63) is 29.8 Å². The zero-order valence-corrected chi connectivity index (χ0v) is 12.5. The van der Waals surface area contributed by atoms with E-state index in [-0.39, 0.29) is 12.0 Å². The fraction of sp³-hybridized carbons (Fsp3) is 0.588. The van der Waals surface area contributed by atoms with Crippen LogP contribution in [-0.4, -0.2) is 12.0 Å². The summed E-state index contributed by atoms with van der Waals surface area (Å²) >= 11 is 0. The van der Waals surface area contributed by atoms with E-state index in [1.54, 1.807) is 0 Å². The molecular weight excluding hydrogens is 250 g/mol. The molecule has 110 valence electrons. The van der Waals surface area contributed by atoms with Crippen LogP contribution in [0.5, 0.6) is 5.75 Å². The van der Waals surface area contributed by atoms with E-state index in [0.29, 0.717) is 18.9 Å². The first-order valence-electron chi connectivity index (χ1n) is 7.66. The second-order valence-electron chi connectivity index (χ2n) is 5.94. The van der Waals surface area contributed by atoms with Crippen molar-refractivity contribution in [2.75, 3.05) is 0 Å². The summed E-state index contributed by atoms with van der Waals surface area (Å²) in [5.74, 6) is 1.66. The number of carbonyl (C=O) groups is 1. The van der Waals surface area contributed by atoms with Crippen molar-refractivity contribution < 1.29 is 9.53 Å². The van der Waals surface area contributed by atoms with Crippen molar-refractivity contribution in [3.8, 4) is 5.75 Å². The van der Waals surface area contributed by atoms with E-state index >= 15 is 0 Å². The standard InChI is InChI=1S/C17H25NO2/c1-13(2)20-16-9-7-15(8-10-16)12-18-17(19)11-14-5-3-4-6-14/h7-10,13-14H,3-6,11-12H2,1-2H3,(H,18,19). The molecule has 1 aliphatic carbocycles. The van der Waals surface area contributed by atoms with Crippen LogP contribution in [0.1, 0.15) is 51.5 Å². The second kappa shape index (κ2) is 7.32. The molecule has 1 saturated carbocycles. The summed E-state index contributed by atoms with van der Waals surface area (Å²) in [6.07, 6.45) is 5.88. The number of carbonyl (C=O) groups excluding carboxylic acids is 1. The fourth-order valence-electron chi connectivity index (χ4n) is 2.71. The molecule has 3 heteroatoms. The van der Waals surface area contributed by atoms with Crippen LogP contribution in [0, 0.1) is 5.92 Å². The predicted octanol–water partition coefficient (Wildman–Crippen LogP) is 3.67. The maximum Gasteiger partial charge on any atom is 0.220 e. The van der Waals surface area contributed by atoms with Crippen LogP contribution in [-0.2, 0) is 11.3 Å². The first-order valence-corrected chi connectivity index (χ1v) is 7.66. The van der Waals surface area contributed by atoms with Gasteiger partial charge in [0.05, 0.1) is 6.10 Å². The number of benzene rings is 1. The highest BCUT2D eigenvalue weighted by Crippen LogP contribution is 2.27. The average Bonchev–Trinajstić information content (AvgIpc) is 2.90. The number of amides is 1. The van der Waals surface area contributed by atoms with Crippen molar-refractivity contribution in [2.24, 2.45) is 5.92 Å². The van der Waals surface area contributed by atoms with Gasteiger partial charge in [-0.3, -0.25) is 4.79 Å². The molecule has 0 bridgehead atoms. The van der Waals surface area contributed by atoms with Crippen LogP contribution in [0.4, 0.5) is 0 Å². The van der Waals surface area contributed by atoms with Gasteiger partial charge in [-0.1, -0.05) is 25.0 Å². The molecular formula is C17H25NO2. The van der Waals surface area contributed by atoms with Crippen LogP contribution in [0.25, 0.3) is 0 Å². The van der Waals surface area contributed by atoms with Gasteiger partial charge in [-0.05, 0) is 50.3 Å². The van der Waals surface area contributed by atoms with Crippen LogP contribution >= 0.6 is 0 Å². The summed E-state index contributed by atoms with van der Waals surface area (Å²) in [6.45, 7) is 4.63. The van der Waals surface area contributed by atoms with Crippen LogP contribution in [0.15, 0.2) is 24.3 Å². The molecule has 0 aliphatic heterocycles. The Hall–Kier alpha value is -1.51. The van der Waals surface area contributed by atoms with Crippen LogP contribution < -0.4 is 10.1 Å². The van der Waals surface area contributed by atoms with E-state index < -0.39 is 0 Å². The van der Waals surface area contributed by atoms with Gasteiger partial charge in [0.15, 0.2) is 0 Å². The van der Waals surface area contributed by atoms with E-state index in [1.165, 1.54) is 25.7 Å². The van der Waals surface area contributed by atoms with Crippen molar-refractivity contribution in [2.45, 2.75) is 58.6 Å². The monoisotopic (exact) mass is 275 g/mol. The molecule has 0 heterocycles. The highest BCUT2D eigenvalue weighted by atomic mass is 16.5. The Bertz CT molecular complexity index is 419. The van der Waals surface area contributed by atoms with Gasteiger partial charge in [0.25, 0.3) is 0 Å². The Morgan fingerprint density at radius 2 is 1.90 bits per heavy atom. The Kier molecular flexibility index (Phi) is 5.45. The number of hydrogen-bond acceptors (Lipinski definition) is 2. The highest BCUT2D eigenvalue weighted by molar-refractivity contribution is 5.76. The lowest BCUT2D eigenvalue weighted by molar-refractivity contribution is -0.122. The zero-order chi connectivity index (χ0) is 14.4.